The van der Waals surface area contributed by atoms with Gasteiger partial charge in [0.25, 0.3) is 0 Å². The fourth-order valence-electron chi connectivity index (χ4n) is 1.36. The van der Waals surface area contributed by atoms with Crippen molar-refractivity contribution < 1.29 is 23.8 Å². The van der Waals surface area contributed by atoms with Gasteiger partial charge in [0.05, 0.1) is 0 Å². The van der Waals surface area contributed by atoms with Gasteiger partial charge in [0, 0.05) is 13.2 Å². The molecule has 0 saturated heterocycles. The van der Waals surface area contributed by atoms with Crippen LogP contribution in [-0.4, -0.2) is 43.0 Å². The zero-order valence-corrected chi connectivity index (χ0v) is 14.1. The monoisotopic (exact) mass is 303 g/mol. The number of nitrogens with one attached hydrogen (secondary N) is 1. The van der Waals surface area contributed by atoms with Crippen LogP contribution in [0.1, 0.15) is 54.4 Å². The van der Waals surface area contributed by atoms with E-state index in [1.807, 2.05) is 41.5 Å². The van der Waals surface area contributed by atoms with Gasteiger partial charge < -0.3 is 19.5 Å². The molecule has 0 saturated carbocycles. The maximum Gasteiger partial charge on any atom is 0.407 e. The number of alkyl carbamates (subject to hydrolysis) is 1. The van der Waals surface area contributed by atoms with Crippen LogP contribution in [0, 0.1) is 0 Å². The van der Waals surface area contributed by atoms with Gasteiger partial charge in [-0.25, -0.2) is 9.59 Å². The first-order valence-corrected chi connectivity index (χ1v) is 7.26. The van der Waals surface area contributed by atoms with Crippen molar-refractivity contribution in [3.05, 3.63) is 0 Å². The topological polar surface area (TPSA) is 73.9 Å². The smallest absolute Gasteiger partial charge is 0.407 e. The van der Waals surface area contributed by atoms with Gasteiger partial charge in [-0.1, -0.05) is 0 Å². The van der Waals surface area contributed by atoms with Gasteiger partial charge in [-0.2, -0.15) is 0 Å². The molecule has 0 unspecified atom stereocenters. The Labute approximate surface area is 127 Å². The number of hydrogen-bond acceptors (Lipinski definition) is 5. The van der Waals surface area contributed by atoms with Crippen LogP contribution in [0.25, 0.3) is 0 Å². The summed E-state index contributed by atoms with van der Waals surface area (Å²) in [6.07, 6.45) is 1.09. The number of carbonyl (C=O) groups is 2. The molecule has 1 amide bonds. The molecular weight excluding hydrogens is 274 g/mol. The van der Waals surface area contributed by atoms with Crippen LogP contribution in [0.2, 0.25) is 0 Å². The lowest BCUT2D eigenvalue weighted by molar-refractivity contribution is -0.160. The molecule has 0 aliphatic rings. The Morgan fingerprint density at radius 3 is 2.00 bits per heavy atom. The van der Waals surface area contributed by atoms with E-state index in [0.29, 0.717) is 13.2 Å². The summed E-state index contributed by atoms with van der Waals surface area (Å²) < 4.78 is 15.4. The Balaban J connectivity index is 3.49. The Kier molecular flexibility index (Phi) is 8.32. The third-order valence-corrected chi connectivity index (χ3v) is 2.02. The number of carbonyl (C=O) groups excluding carboxylic acids is 2. The van der Waals surface area contributed by atoms with Gasteiger partial charge in [-0.15, -0.1) is 0 Å². The molecule has 0 atom stereocenters. The molecule has 0 rings (SSSR count). The molecule has 0 aliphatic carbocycles. The largest absolute Gasteiger partial charge is 0.458 e. The summed E-state index contributed by atoms with van der Waals surface area (Å²) in [5.41, 5.74) is -0.974. The summed E-state index contributed by atoms with van der Waals surface area (Å²) in [5.74, 6) is -0.366. The van der Waals surface area contributed by atoms with Crippen LogP contribution < -0.4 is 5.32 Å². The summed E-state index contributed by atoms with van der Waals surface area (Å²) in [7, 11) is 0. The van der Waals surface area contributed by atoms with Crippen molar-refractivity contribution >= 4 is 12.1 Å². The Hall–Kier alpha value is -1.30. The fraction of sp³-hybridized carbons (Fsp3) is 0.867. The first kappa shape index (κ1) is 19.7. The number of hydrogen-bond donors (Lipinski definition) is 1. The minimum absolute atomic E-state index is 0.0449. The van der Waals surface area contributed by atoms with E-state index in [2.05, 4.69) is 5.32 Å². The predicted octanol–water partition coefficient (Wildman–Crippen LogP) is 2.65. The van der Waals surface area contributed by atoms with E-state index in [4.69, 9.17) is 14.2 Å². The van der Waals surface area contributed by atoms with Crippen LogP contribution in [0.15, 0.2) is 0 Å². The summed E-state index contributed by atoms with van der Waals surface area (Å²) in [6, 6.07) is 0. The van der Waals surface area contributed by atoms with Crippen molar-refractivity contribution in [3.8, 4) is 0 Å². The minimum Gasteiger partial charge on any atom is -0.458 e. The number of esters is 1. The lowest BCUT2D eigenvalue weighted by Gasteiger charge is -2.19. The first-order chi connectivity index (χ1) is 9.49. The van der Waals surface area contributed by atoms with Crippen molar-refractivity contribution in [2.24, 2.45) is 0 Å². The highest BCUT2D eigenvalue weighted by atomic mass is 16.6. The normalized spacial score (nSPS) is 11.9. The van der Waals surface area contributed by atoms with Gasteiger partial charge >= 0.3 is 12.1 Å². The zero-order chi connectivity index (χ0) is 16.5. The first-order valence-electron chi connectivity index (χ1n) is 7.26. The molecule has 0 aliphatic heterocycles. The lowest BCUT2D eigenvalue weighted by atomic mass is 10.2. The molecule has 1 N–H and O–H groups in total. The van der Waals surface area contributed by atoms with Crippen molar-refractivity contribution in [1.29, 1.82) is 0 Å². The second-order valence-corrected chi connectivity index (χ2v) is 6.77. The molecule has 21 heavy (non-hydrogen) atoms. The molecule has 0 aromatic rings. The summed E-state index contributed by atoms with van der Waals surface area (Å²) in [4.78, 5) is 22.7. The molecule has 0 heterocycles. The number of rotatable bonds is 7. The molecule has 0 radical (unpaired) electrons. The van der Waals surface area contributed by atoms with Crippen LogP contribution in [0.5, 0.6) is 0 Å². The molecule has 0 fully saturated rings. The van der Waals surface area contributed by atoms with Gasteiger partial charge in [-0.05, 0) is 54.4 Å². The average molecular weight is 303 g/mol. The fourth-order valence-corrected chi connectivity index (χ4v) is 1.36. The average Bonchev–Trinajstić information content (AvgIpc) is 2.22. The van der Waals surface area contributed by atoms with Crippen LogP contribution >= 0.6 is 0 Å². The Bertz CT molecular complexity index is 296. The van der Waals surface area contributed by atoms with Crippen LogP contribution in [-0.2, 0) is 19.0 Å². The summed E-state index contributed by atoms with van der Waals surface area (Å²) in [6.45, 7) is 11.8. The second-order valence-electron chi connectivity index (χ2n) is 6.77. The second kappa shape index (κ2) is 8.87. The van der Waals surface area contributed by atoms with Gasteiger partial charge in [0.2, 0.25) is 0 Å². The highest BCUT2D eigenvalue weighted by Crippen LogP contribution is 2.07. The number of unbranched alkanes of at least 4 members (excludes halogenated alkanes) is 1. The molecule has 6 heteroatoms. The quantitative estimate of drug-likeness (QED) is 0.578. The molecule has 6 nitrogen and oxygen atoms in total. The van der Waals surface area contributed by atoms with E-state index in [1.165, 1.54) is 0 Å². The standard InChI is InChI=1S/C15H29NO5/c1-14(2,3)20-12(17)11-19-10-8-7-9-16-13(18)21-15(4,5)6/h7-11H2,1-6H3,(H,16,18). The molecule has 0 aromatic heterocycles. The van der Waals surface area contributed by atoms with Crippen LogP contribution in [0.4, 0.5) is 4.79 Å². The maximum atomic E-state index is 11.3. The van der Waals surface area contributed by atoms with Crippen molar-refractivity contribution in [1.82, 2.24) is 5.32 Å². The van der Waals surface area contributed by atoms with Crippen molar-refractivity contribution in [2.75, 3.05) is 19.8 Å². The van der Waals surface area contributed by atoms with E-state index >= 15 is 0 Å². The molecular formula is C15H29NO5. The Morgan fingerprint density at radius 2 is 1.48 bits per heavy atom. The van der Waals surface area contributed by atoms with Gasteiger partial charge in [0.15, 0.2) is 0 Å². The zero-order valence-electron chi connectivity index (χ0n) is 14.1. The molecule has 124 valence electrons. The van der Waals surface area contributed by atoms with E-state index in [1.54, 1.807) is 0 Å². The Morgan fingerprint density at radius 1 is 0.905 bits per heavy atom. The van der Waals surface area contributed by atoms with Crippen molar-refractivity contribution in [3.63, 3.8) is 0 Å². The molecule has 0 bridgehead atoms. The minimum atomic E-state index is -0.488. The van der Waals surface area contributed by atoms with Crippen LogP contribution in [0.3, 0.4) is 0 Å². The third-order valence-electron chi connectivity index (χ3n) is 2.02. The van der Waals surface area contributed by atoms with E-state index in [0.717, 1.165) is 12.8 Å². The maximum absolute atomic E-state index is 11.3. The predicted molar refractivity (Wildman–Crippen MR) is 80.1 cm³/mol. The number of ether oxygens (including phenoxy) is 3. The summed E-state index contributed by atoms with van der Waals surface area (Å²) >= 11 is 0. The van der Waals surface area contributed by atoms with E-state index < -0.39 is 17.3 Å². The summed E-state index contributed by atoms with van der Waals surface area (Å²) in [5, 5.41) is 2.66. The highest BCUT2D eigenvalue weighted by Gasteiger charge is 2.16. The van der Waals surface area contributed by atoms with E-state index in [9.17, 15) is 9.59 Å². The lowest BCUT2D eigenvalue weighted by Crippen LogP contribution is -2.33. The SMILES string of the molecule is CC(C)(C)OC(=O)COCCCCNC(=O)OC(C)(C)C. The number of amides is 1. The molecule has 0 aromatic carbocycles. The van der Waals surface area contributed by atoms with E-state index in [-0.39, 0.29) is 12.6 Å². The van der Waals surface area contributed by atoms with Crippen molar-refractivity contribution in [2.45, 2.75) is 65.6 Å². The van der Waals surface area contributed by atoms with Gasteiger partial charge in [0.1, 0.15) is 17.8 Å². The highest BCUT2D eigenvalue weighted by molar-refractivity contribution is 5.71. The molecule has 0 spiro atoms. The van der Waals surface area contributed by atoms with Gasteiger partial charge in [-0.3, -0.25) is 0 Å². The third kappa shape index (κ3) is 14.9.